The average molecular weight is 348 g/mol. The first-order valence-corrected chi connectivity index (χ1v) is 8.62. The van der Waals surface area contributed by atoms with E-state index >= 15 is 0 Å². The zero-order chi connectivity index (χ0) is 18.2. The molecule has 1 spiro atoms. The van der Waals surface area contributed by atoms with E-state index in [0.29, 0.717) is 31.7 Å². The fraction of sp³-hybridized carbons (Fsp3) is 0.647. The van der Waals surface area contributed by atoms with Crippen molar-refractivity contribution in [2.45, 2.75) is 38.6 Å². The van der Waals surface area contributed by atoms with Crippen LogP contribution in [0.4, 0.5) is 0 Å². The number of carboxylic acid groups (broad SMARTS) is 1. The molecule has 1 N–H and O–H groups in total. The molecule has 2 saturated heterocycles. The molecule has 2 aliphatic heterocycles. The summed E-state index contributed by atoms with van der Waals surface area (Å²) in [6.45, 7) is 3.26. The molecular formula is C17H24N4O4. The van der Waals surface area contributed by atoms with Gasteiger partial charge in [0.2, 0.25) is 5.91 Å². The van der Waals surface area contributed by atoms with Crippen LogP contribution in [-0.2, 0) is 16.6 Å². The number of aliphatic carboxylic acids is 1. The molecule has 25 heavy (non-hydrogen) atoms. The average Bonchev–Trinajstić information content (AvgIpc) is 3.02. The SMILES string of the molecule is C[C@@H](C(=O)O)N1CC2(CCC1=O)CCN(C(=O)c1ccnn1C)CC2. The normalized spacial score (nSPS) is 21.4. The first-order chi connectivity index (χ1) is 11.8. The summed E-state index contributed by atoms with van der Waals surface area (Å²) < 4.78 is 1.57. The Bertz CT molecular complexity index is 691. The summed E-state index contributed by atoms with van der Waals surface area (Å²) in [5, 5.41) is 13.3. The number of aryl methyl sites for hydroxylation is 1. The maximum absolute atomic E-state index is 12.6. The molecule has 136 valence electrons. The zero-order valence-electron chi connectivity index (χ0n) is 14.6. The minimum Gasteiger partial charge on any atom is -0.480 e. The largest absolute Gasteiger partial charge is 0.480 e. The van der Waals surface area contributed by atoms with Gasteiger partial charge in [-0.15, -0.1) is 0 Å². The number of piperidine rings is 2. The molecular weight excluding hydrogens is 324 g/mol. The second-order valence-corrected chi connectivity index (χ2v) is 7.17. The Balaban J connectivity index is 1.66. The van der Waals surface area contributed by atoms with E-state index in [9.17, 15) is 19.5 Å². The van der Waals surface area contributed by atoms with Gasteiger partial charge in [-0.1, -0.05) is 0 Å². The topological polar surface area (TPSA) is 95.7 Å². The molecule has 8 heteroatoms. The fourth-order valence-corrected chi connectivity index (χ4v) is 3.87. The second-order valence-electron chi connectivity index (χ2n) is 7.17. The summed E-state index contributed by atoms with van der Waals surface area (Å²) in [5.74, 6) is -1.10. The minimum absolute atomic E-state index is 0.0301. The van der Waals surface area contributed by atoms with Crippen molar-refractivity contribution in [1.29, 1.82) is 0 Å². The first kappa shape index (κ1) is 17.4. The molecule has 0 aliphatic carbocycles. The van der Waals surface area contributed by atoms with Gasteiger partial charge < -0.3 is 14.9 Å². The molecule has 1 aromatic heterocycles. The quantitative estimate of drug-likeness (QED) is 0.869. The third kappa shape index (κ3) is 3.25. The van der Waals surface area contributed by atoms with Gasteiger partial charge >= 0.3 is 5.97 Å². The van der Waals surface area contributed by atoms with Gasteiger partial charge in [0.1, 0.15) is 11.7 Å². The smallest absolute Gasteiger partial charge is 0.326 e. The number of hydrogen-bond donors (Lipinski definition) is 1. The number of amides is 2. The summed E-state index contributed by atoms with van der Waals surface area (Å²) >= 11 is 0. The van der Waals surface area contributed by atoms with Crippen LogP contribution < -0.4 is 0 Å². The Morgan fingerprint density at radius 2 is 1.96 bits per heavy atom. The number of nitrogens with zero attached hydrogens (tertiary/aromatic N) is 4. The molecule has 3 rings (SSSR count). The van der Waals surface area contributed by atoms with Gasteiger partial charge in [0.25, 0.3) is 5.91 Å². The van der Waals surface area contributed by atoms with Gasteiger partial charge in [-0.2, -0.15) is 5.10 Å². The van der Waals surface area contributed by atoms with E-state index < -0.39 is 12.0 Å². The van der Waals surface area contributed by atoms with Crippen LogP contribution in [0.1, 0.15) is 43.1 Å². The van der Waals surface area contributed by atoms with Crippen molar-refractivity contribution in [3.05, 3.63) is 18.0 Å². The molecule has 0 radical (unpaired) electrons. The van der Waals surface area contributed by atoms with E-state index in [1.165, 1.54) is 4.90 Å². The third-order valence-corrected chi connectivity index (χ3v) is 5.67. The number of aromatic nitrogens is 2. The second kappa shape index (κ2) is 6.50. The highest BCUT2D eigenvalue weighted by Crippen LogP contribution is 2.41. The van der Waals surface area contributed by atoms with Crippen molar-refractivity contribution in [1.82, 2.24) is 19.6 Å². The lowest BCUT2D eigenvalue weighted by Gasteiger charge is -2.48. The highest BCUT2D eigenvalue weighted by Gasteiger charge is 2.44. The zero-order valence-corrected chi connectivity index (χ0v) is 14.6. The maximum Gasteiger partial charge on any atom is 0.326 e. The van der Waals surface area contributed by atoms with Crippen LogP contribution in [0.5, 0.6) is 0 Å². The predicted molar refractivity (Wildman–Crippen MR) is 88.8 cm³/mol. The van der Waals surface area contributed by atoms with Gasteiger partial charge in [0, 0.05) is 39.3 Å². The molecule has 0 unspecified atom stereocenters. The summed E-state index contributed by atoms with van der Waals surface area (Å²) in [5.41, 5.74) is 0.483. The standard InChI is InChI=1S/C17H24N4O4/c1-12(16(24)25)21-11-17(5-3-14(21)22)6-9-20(10-7-17)15(23)13-4-8-18-19(13)2/h4,8,12H,3,5-7,9-11H2,1-2H3,(H,24,25)/t12-/m0/s1. The van der Waals surface area contributed by atoms with E-state index in [2.05, 4.69) is 5.10 Å². The molecule has 2 aliphatic rings. The number of likely N-dealkylation sites (tertiary alicyclic amines) is 2. The Labute approximate surface area is 146 Å². The number of carbonyl (C=O) groups excluding carboxylic acids is 2. The molecule has 0 bridgehead atoms. The summed E-state index contributed by atoms with van der Waals surface area (Å²) in [4.78, 5) is 39.3. The van der Waals surface area contributed by atoms with Crippen LogP contribution in [-0.4, -0.2) is 68.1 Å². The van der Waals surface area contributed by atoms with Crippen molar-refractivity contribution in [2.24, 2.45) is 12.5 Å². The Morgan fingerprint density at radius 1 is 1.28 bits per heavy atom. The van der Waals surface area contributed by atoms with E-state index in [0.717, 1.165) is 19.3 Å². The van der Waals surface area contributed by atoms with Gasteiger partial charge in [-0.3, -0.25) is 14.3 Å². The molecule has 3 heterocycles. The monoisotopic (exact) mass is 348 g/mol. The highest BCUT2D eigenvalue weighted by atomic mass is 16.4. The minimum atomic E-state index is -0.978. The highest BCUT2D eigenvalue weighted by molar-refractivity contribution is 5.92. The van der Waals surface area contributed by atoms with Crippen LogP contribution in [0.3, 0.4) is 0 Å². The van der Waals surface area contributed by atoms with E-state index in [1.54, 1.807) is 30.9 Å². The van der Waals surface area contributed by atoms with Gasteiger partial charge in [-0.05, 0) is 37.7 Å². The number of rotatable bonds is 3. The predicted octanol–water partition coefficient (Wildman–Crippen LogP) is 0.738. The van der Waals surface area contributed by atoms with Crippen molar-refractivity contribution >= 4 is 17.8 Å². The molecule has 8 nitrogen and oxygen atoms in total. The van der Waals surface area contributed by atoms with Crippen LogP contribution in [0.2, 0.25) is 0 Å². The summed E-state index contributed by atoms with van der Waals surface area (Å²) in [6, 6.07) is 0.904. The third-order valence-electron chi connectivity index (χ3n) is 5.67. The Morgan fingerprint density at radius 3 is 2.52 bits per heavy atom. The molecule has 0 aromatic carbocycles. The van der Waals surface area contributed by atoms with Gasteiger partial charge in [-0.25, -0.2) is 4.79 Å². The van der Waals surface area contributed by atoms with Crippen LogP contribution in [0.25, 0.3) is 0 Å². The molecule has 0 saturated carbocycles. The van der Waals surface area contributed by atoms with Gasteiger partial charge in [0.05, 0.1) is 0 Å². The lowest BCUT2D eigenvalue weighted by Crippen LogP contribution is -2.56. The van der Waals surface area contributed by atoms with Crippen molar-refractivity contribution in [2.75, 3.05) is 19.6 Å². The first-order valence-electron chi connectivity index (χ1n) is 8.62. The van der Waals surface area contributed by atoms with Crippen molar-refractivity contribution in [3.63, 3.8) is 0 Å². The fourth-order valence-electron chi connectivity index (χ4n) is 3.87. The van der Waals surface area contributed by atoms with Crippen molar-refractivity contribution in [3.8, 4) is 0 Å². The molecule has 1 atom stereocenters. The number of hydrogen-bond acceptors (Lipinski definition) is 4. The van der Waals surface area contributed by atoms with Crippen molar-refractivity contribution < 1.29 is 19.5 Å². The van der Waals surface area contributed by atoms with E-state index in [1.807, 2.05) is 4.90 Å². The van der Waals surface area contributed by atoms with Gasteiger partial charge in [0.15, 0.2) is 0 Å². The number of carboxylic acids is 1. The lowest BCUT2D eigenvalue weighted by molar-refractivity contribution is -0.154. The molecule has 1 aromatic rings. The maximum atomic E-state index is 12.6. The molecule has 2 amide bonds. The van der Waals surface area contributed by atoms with Crippen LogP contribution in [0.15, 0.2) is 12.3 Å². The summed E-state index contributed by atoms with van der Waals surface area (Å²) in [7, 11) is 1.75. The number of carbonyl (C=O) groups is 3. The lowest BCUT2D eigenvalue weighted by atomic mass is 9.72. The van der Waals surface area contributed by atoms with E-state index in [4.69, 9.17) is 0 Å². The van der Waals surface area contributed by atoms with Crippen LogP contribution >= 0.6 is 0 Å². The Kier molecular flexibility index (Phi) is 4.53. The molecule has 2 fully saturated rings. The van der Waals surface area contributed by atoms with Crippen LogP contribution in [0, 0.1) is 5.41 Å². The Hall–Kier alpha value is -2.38. The van der Waals surface area contributed by atoms with E-state index in [-0.39, 0.29) is 17.2 Å². The summed E-state index contributed by atoms with van der Waals surface area (Å²) in [6.07, 6.45) is 4.33.